The number of benzene rings is 1. The fourth-order valence-electron chi connectivity index (χ4n) is 0.807. The molecule has 82 valence electrons. The van der Waals surface area contributed by atoms with E-state index >= 15 is 0 Å². The van der Waals surface area contributed by atoms with Crippen LogP contribution in [0.3, 0.4) is 0 Å². The van der Waals surface area contributed by atoms with Crippen LogP contribution >= 0.6 is 0 Å². The molecule has 14 heavy (non-hydrogen) atoms. The van der Waals surface area contributed by atoms with Crippen LogP contribution in [0.15, 0.2) is 24.3 Å². The average Bonchev–Trinajstić information content (AvgIpc) is 2.09. The van der Waals surface area contributed by atoms with Crippen LogP contribution in [-0.4, -0.2) is 20.3 Å². The number of methoxy groups -OCH3 is 1. The maximum absolute atomic E-state index is 5.50. The van der Waals surface area contributed by atoms with Gasteiger partial charge in [0, 0.05) is 12.8 Å². The van der Waals surface area contributed by atoms with Crippen LogP contribution in [0.4, 0.5) is 5.69 Å². The zero-order valence-electron chi connectivity index (χ0n) is 7.12. The van der Waals surface area contributed by atoms with E-state index in [1.54, 1.807) is 7.11 Å². The van der Waals surface area contributed by atoms with Gasteiger partial charge in [0.1, 0.15) is 12.4 Å². The number of hydrogen-bond donors (Lipinski definition) is 1. The third-order valence-corrected chi connectivity index (χ3v) is 1.44. The Balaban J connectivity index is 0. The van der Waals surface area contributed by atoms with Crippen LogP contribution in [0.25, 0.3) is 0 Å². The van der Waals surface area contributed by atoms with Crippen LogP contribution in [0.5, 0.6) is 5.75 Å². The second-order valence-electron chi connectivity index (χ2n) is 2.41. The predicted octanol–water partition coefficient (Wildman–Crippen LogP) is 2.57. The Morgan fingerprint density at radius 3 is 2.14 bits per heavy atom. The standard InChI is InChI=1S/C9H13NO2.2CH4/c1-11-6-7-12-9-4-2-8(10)3-5-9;;/h2-5H,6-7,10H2,1H3;2*1H4. The summed E-state index contributed by atoms with van der Waals surface area (Å²) in [5, 5.41) is 0. The molecule has 0 saturated heterocycles. The van der Waals surface area contributed by atoms with E-state index in [-0.39, 0.29) is 14.9 Å². The maximum atomic E-state index is 5.50. The molecule has 0 aliphatic carbocycles. The Kier molecular flexibility index (Phi) is 9.14. The number of nitrogen functional groups attached to an aromatic ring is 1. The van der Waals surface area contributed by atoms with E-state index in [2.05, 4.69) is 0 Å². The van der Waals surface area contributed by atoms with Crippen molar-refractivity contribution in [1.82, 2.24) is 0 Å². The third kappa shape index (κ3) is 5.43. The molecule has 3 heteroatoms. The minimum absolute atomic E-state index is 0. The molecule has 0 aliphatic rings. The molecule has 0 heterocycles. The molecule has 1 aromatic rings. The van der Waals surface area contributed by atoms with Gasteiger partial charge in [0.25, 0.3) is 0 Å². The molecule has 0 unspecified atom stereocenters. The molecule has 0 radical (unpaired) electrons. The minimum Gasteiger partial charge on any atom is -0.491 e. The van der Waals surface area contributed by atoms with Crippen molar-refractivity contribution in [1.29, 1.82) is 0 Å². The highest BCUT2D eigenvalue weighted by Gasteiger charge is 1.91. The van der Waals surface area contributed by atoms with Gasteiger partial charge in [-0.2, -0.15) is 0 Å². The van der Waals surface area contributed by atoms with Gasteiger partial charge in [-0.1, -0.05) is 14.9 Å². The zero-order chi connectivity index (χ0) is 8.81. The summed E-state index contributed by atoms with van der Waals surface area (Å²) in [4.78, 5) is 0. The summed E-state index contributed by atoms with van der Waals surface area (Å²) in [6.07, 6.45) is 0. The molecule has 0 aromatic heterocycles. The minimum atomic E-state index is 0. The van der Waals surface area contributed by atoms with Gasteiger partial charge >= 0.3 is 0 Å². The van der Waals surface area contributed by atoms with Crippen LogP contribution in [0, 0.1) is 0 Å². The lowest BCUT2D eigenvalue weighted by atomic mass is 10.3. The van der Waals surface area contributed by atoms with E-state index in [9.17, 15) is 0 Å². The van der Waals surface area contributed by atoms with Crippen molar-refractivity contribution in [3.63, 3.8) is 0 Å². The molecule has 0 amide bonds. The van der Waals surface area contributed by atoms with E-state index in [1.807, 2.05) is 24.3 Å². The topological polar surface area (TPSA) is 44.5 Å². The van der Waals surface area contributed by atoms with Crippen molar-refractivity contribution in [2.75, 3.05) is 26.1 Å². The van der Waals surface area contributed by atoms with Crippen molar-refractivity contribution >= 4 is 5.69 Å². The van der Waals surface area contributed by atoms with Crippen molar-refractivity contribution in [2.24, 2.45) is 0 Å². The molecule has 2 N–H and O–H groups in total. The smallest absolute Gasteiger partial charge is 0.119 e. The summed E-state index contributed by atoms with van der Waals surface area (Å²) >= 11 is 0. The van der Waals surface area contributed by atoms with Crippen molar-refractivity contribution in [2.45, 2.75) is 14.9 Å². The highest BCUT2D eigenvalue weighted by molar-refractivity contribution is 5.41. The van der Waals surface area contributed by atoms with E-state index < -0.39 is 0 Å². The van der Waals surface area contributed by atoms with Gasteiger partial charge in [0.05, 0.1) is 6.61 Å². The van der Waals surface area contributed by atoms with Gasteiger partial charge in [-0.3, -0.25) is 0 Å². The Morgan fingerprint density at radius 2 is 1.64 bits per heavy atom. The largest absolute Gasteiger partial charge is 0.491 e. The van der Waals surface area contributed by atoms with E-state index in [0.29, 0.717) is 13.2 Å². The van der Waals surface area contributed by atoms with Crippen LogP contribution in [0.2, 0.25) is 0 Å². The van der Waals surface area contributed by atoms with Crippen LogP contribution in [0.1, 0.15) is 14.9 Å². The highest BCUT2D eigenvalue weighted by atomic mass is 16.5. The van der Waals surface area contributed by atoms with Gasteiger partial charge in [0.2, 0.25) is 0 Å². The first-order chi connectivity index (χ1) is 5.83. The number of nitrogens with two attached hydrogens (primary N) is 1. The molecule has 0 spiro atoms. The molecule has 0 bridgehead atoms. The van der Waals surface area contributed by atoms with Crippen LogP contribution in [-0.2, 0) is 4.74 Å². The number of anilines is 1. The monoisotopic (exact) mass is 199 g/mol. The summed E-state index contributed by atoms with van der Waals surface area (Å²) in [6, 6.07) is 7.29. The van der Waals surface area contributed by atoms with E-state index in [1.165, 1.54) is 0 Å². The summed E-state index contributed by atoms with van der Waals surface area (Å²) in [7, 11) is 1.65. The normalized spacial score (nSPS) is 8.36. The maximum Gasteiger partial charge on any atom is 0.119 e. The fraction of sp³-hybridized carbons (Fsp3) is 0.455. The summed E-state index contributed by atoms with van der Waals surface area (Å²) < 4.78 is 10.2. The van der Waals surface area contributed by atoms with E-state index in [0.717, 1.165) is 11.4 Å². The number of rotatable bonds is 4. The first kappa shape index (κ1) is 15.3. The lowest BCUT2D eigenvalue weighted by Gasteiger charge is -2.04. The van der Waals surface area contributed by atoms with Gasteiger partial charge in [-0.25, -0.2) is 0 Å². The first-order valence-corrected chi connectivity index (χ1v) is 3.80. The van der Waals surface area contributed by atoms with E-state index in [4.69, 9.17) is 15.2 Å². The zero-order valence-corrected chi connectivity index (χ0v) is 7.12. The van der Waals surface area contributed by atoms with Crippen molar-refractivity contribution in [3.8, 4) is 5.75 Å². The lowest BCUT2D eigenvalue weighted by molar-refractivity contribution is 0.146. The molecule has 1 aromatic carbocycles. The predicted molar refractivity (Wildman–Crippen MR) is 61.7 cm³/mol. The molecule has 1 rings (SSSR count). The van der Waals surface area contributed by atoms with Crippen molar-refractivity contribution in [3.05, 3.63) is 24.3 Å². The lowest BCUT2D eigenvalue weighted by Crippen LogP contribution is -2.03. The third-order valence-electron chi connectivity index (χ3n) is 1.44. The van der Waals surface area contributed by atoms with Gasteiger partial charge in [0.15, 0.2) is 0 Å². The molecular formula is C11H21NO2. The average molecular weight is 199 g/mol. The molecule has 0 atom stereocenters. The summed E-state index contributed by atoms with van der Waals surface area (Å²) in [5.41, 5.74) is 6.25. The second-order valence-corrected chi connectivity index (χ2v) is 2.41. The summed E-state index contributed by atoms with van der Waals surface area (Å²) in [6.45, 7) is 1.17. The fourth-order valence-corrected chi connectivity index (χ4v) is 0.807. The Hall–Kier alpha value is -1.22. The summed E-state index contributed by atoms with van der Waals surface area (Å²) in [5.74, 6) is 0.821. The van der Waals surface area contributed by atoms with Gasteiger partial charge < -0.3 is 15.2 Å². The van der Waals surface area contributed by atoms with Crippen molar-refractivity contribution < 1.29 is 9.47 Å². The first-order valence-electron chi connectivity index (χ1n) is 3.80. The quantitative estimate of drug-likeness (QED) is 0.598. The molecular weight excluding hydrogens is 178 g/mol. The Morgan fingerprint density at radius 1 is 1.07 bits per heavy atom. The molecule has 0 aliphatic heterocycles. The highest BCUT2D eigenvalue weighted by Crippen LogP contribution is 2.12. The Labute approximate surface area is 86.8 Å². The molecule has 3 nitrogen and oxygen atoms in total. The number of ether oxygens (including phenoxy) is 2. The molecule has 0 fully saturated rings. The molecule has 0 saturated carbocycles. The Bertz CT molecular complexity index is 221. The van der Waals surface area contributed by atoms with Gasteiger partial charge in [-0.05, 0) is 24.3 Å². The van der Waals surface area contributed by atoms with Gasteiger partial charge in [-0.15, -0.1) is 0 Å². The second kappa shape index (κ2) is 8.38. The number of hydrogen-bond acceptors (Lipinski definition) is 3. The SMILES string of the molecule is C.C.COCCOc1ccc(N)cc1. The van der Waals surface area contributed by atoms with Crippen LogP contribution < -0.4 is 10.5 Å².